The quantitative estimate of drug-likeness (QED) is 0.566. The van der Waals surface area contributed by atoms with Gasteiger partial charge >= 0.3 is 6.09 Å². The zero-order valence-electron chi connectivity index (χ0n) is 20.3. The van der Waals surface area contributed by atoms with E-state index >= 15 is 0 Å². The number of alkyl carbamates (subject to hydrolysis) is 1. The van der Waals surface area contributed by atoms with Crippen LogP contribution in [0.5, 0.6) is 5.75 Å². The number of amides is 3. The predicted octanol–water partition coefficient (Wildman–Crippen LogP) is 4.20. The number of hydrogen-bond acceptors (Lipinski definition) is 5. The van der Waals surface area contributed by atoms with Gasteiger partial charge in [-0.3, -0.25) is 9.59 Å². The molecular weight excluding hydrogens is 434 g/mol. The summed E-state index contributed by atoms with van der Waals surface area (Å²) in [5.41, 5.74) is 2.28. The number of nitrogens with zero attached hydrogens (tertiary/aromatic N) is 1. The zero-order chi connectivity index (χ0) is 25.0. The maximum atomic E-state index is 13.6. The van der Waals surface area contributed by atoms with Crippen molar-refractivity contribution in [1.29, 1.82) is 0 Å². The first-order valence-corrected chi connectivity index (χ1v) is 11.4. The van der Waals surface area contributed by atoms with Crippen LogP contribution in [0.2, 0.25) is 0 Å². The minimum Gasteiger partial charge on any atom is -0.508 e. The third-order valence-electron chi connectivity index (χ3n) is 5.45. The van der Waals surface area contributed by atoms with Gasteiger partial charge in [-0.15, -0.1) is 0 Å². The summed E-state index contributed by atoms with van der Waals surface area (Å²) in [5, 5.41) is 15.5. The van der Waals surface area contributed by atoms with Gasteiger partial charge in [0, 0.05) is 11.7 Å². The summed E-state index contributed by atoms with van der Waals surface area (Å²) < 4.78 is 5.22. The number of nitrogens with one attached hydrogen (secondary N) is 2. The van der Waals surface area contributed by atoms with Crippen molar-refractivity contribution in [3.05, 3.63) is 59.2 Å². The summed E-state index contributed by atoms with van der Waals surface area (Å²) in [6.07, 6.45) is 0.805. The van der Waals surface area contributed by atoms with Gasteiger partial charge in [0.05, 0.1) is 0 Å². The van der Waals surface area contributed by atoms with E-state index in [9.17, 15) is 19.5 Å². The Kier molecular flexibility index (Phi) is 7.49. The van der Waals surface area contributed by atoms with E-state index in [-0.39, 0.29) is 24.2 Å². The molecular formula is C26H33N3O5. The Morgan fingerprint density at radius 2 is 1.71 bits per heavy atom. The van der Waals surface area contributed by atoms with E-state index < -0.39 is 23.6 Å². The van der Waals surface area contributed by atoms with Gasteiger partial charge in [-0.25, -0.2) is 4.79 Å². The smallest absolute Gasteiger partial charge is 0.408 e. The molecule has 34 heavy (non-hydrogen) atoms. The molecule has 2 aromatic carbocycles. The molecule has 0 aromatic heterocycles. The van der Waals surface area contributed by atoms with Crippen LogP contribution in [0.3, 0.4) is 0 Å². The van der Waals surface area contributed by atoms with Crippen LogP contribution in [0.15, 0.2) is 42.5 Å². The minimum absolute atomic E-state index is 0.00236. The highest BCUT2D eigenvalue weighted by atomic mass is 16.6. The maximum absolute atomic E-state index is 13.6. The van der Waals surface area contributed by atoms with Gasteiger partial charge in [0.15, 0.2) is 0 Å². The lowest BCUT2D eigenvalue weighted by atomic mass is 10.0. The van der Waals surface area contributed by atoms with Gasteiger partial charge in [-0.2, -0.15) is 0 Å². The topological polar surface area (TPSA) is 108 Å². The van der Waals surface area contributed by atoms with Gasteiger partial charge < -0.3 is 25.4 Å². The van der Waals surface area contributed by atoms with Gasteiger partial charge in [-0.05, 0) is 76.3 Å². The van der Waals surface area contributed by atoms with Crippen molar-refractivity contribution in [2.24, 2.45) is 0 Å². The Balaban J connectivity index is 1.89. The lowest BCUT2D eigenvalue weighted by molar-refractivity contribution is -0.139. The molecule has 3 amide bonds. The predicted molar refractivity (Wildman–Crippen MR) is 129 cm³/mol. The van der Waals surface area contributed by atoms with E-state index in [2.05, 4.69) is 10.6 Å². The number of benzene rings is 2. The van der Waals surface area contributed by atoms with Crippen molar-refractivity contribution < 1.29 is 24.2 Å². The second-order valence-electron chi connectivity index (χ2n) is 9.64. The monoisotopic (exact) mass is 467 g/mol. The molecule has 1 fully saturated rings. The highest BCUT2D eigenvalue weighted by molar-refractivity contribution is 5.99. The summed E-state index contributed by atoms with van der Waals surface area (Å²) in [4.78, 5) is 40.5. The number of phenolic OH excluding ortho intramolecular Hbond substituents is 1. The Hall–Kier alpha value is -3.55. The number of ether oxygens (including phenoxy) is 1. The SMILES string of the molecule is Cc1cccc(C)c1NC(=O)C(c1cccc(O)c1)N(C(=O)CNC(=O)OC(C)(C)C)C1CC1. The zero-order valence-corrected chi connectivity index (χ0v) is 20.3. The molecule has 2 aromatic rings. The van der Waals surface area contributed by atoms with Crippen LogP contribution in [0.4, 0.5) is 10.5 Å². The van der Waals surface area contributed by atoms with E-state index in [1.54, 1.807) is 32.9 Å². The molecule has 0 heterocycles. The number of aryl methyl sites for hydroxylation is 2. The minimum atomic E-state index is -0.980. The van der Waals surface area contributed by atoms with Crippen LogP contribution < -0.4 is 10.6 Å². The average Bonchev–Trinajstić information content (AvgIpc) is 3.56. The summed E-state index contributed by atoms with van der Waals surface area (Å²) >= 11 is 0. The highest BCUT2D eigenvalue weighted by Gasteiger charge is 2.41. The summed E-state index contributed by atoms with van der Waals surface area (Å²) in [6.45, 7) is 8.71. The standard InChI is InChI=1S/C26H33N3O5/c1-16-8-6-9-17(2)22(16)28-24(32)23(18-10-7-11-20(30)14-18)29(19-12-13-19)21(31)15-27-25(33)34-26(3,4)5/h6-11,14,19,23,30H,12-13,15H2,1-5H3,(H,27,33)(H,28,32). The van der Waals surface area contributed by atoms with E-state index in [0.29, 0.717) is 11.3 Å². The molecule has 1 atom stereocenters. The lowest BCUT2D eigenvalue weighted by Crippen LogP contribution is -2.47. The average molecular weight is 468 g/mol. The van der Waals surface area contributed by atoms with E-state index in [1.165, 1.54) is 17.0 Å². The fourth-order valence-corrected chi connectivity index (χ4v) is 3.80. The molecule has 1 aliphatic carbocycles. The Morgan fingerprint density at radius 3 is 2.26 bits per heavy atom. The van der Waals surface area contributed by atoms with Crippen molar-refractivity contribution in [2.45, 2.75) is 65.1 Å². The molecule has 3 rings (SSSR count). The Morgan fingerprint density at radius 1 is 1.09 bits per heavy atom. The third kappa shape index (κ3) is 6.50. The van der Waals surface area contributed by atoms with Crippen molar-refractivity contribution in [3.8, 4) is 5.75 Å². The van der Waals surface area contributed by atoms with Crippen LogP contribution in [-0.2, 0) is 14.3 Å². The maximum Gasteiger partial charge on any atom is 0.408 e. The van der Waals surface area contributed by atoms with Crippen LogP contribution >= 0.6 is 0 Å². The number of para-hydroxylation sites is 1. The molecule has 182 valence electrons. The first-order chi connectivity index (χ1) is 16.0. The van der Waals surface area contributed by atoms with Crippen molar-refractivity contribution in [1.82, 2.24) is 10.2 Å². The molecule has 1 saturated carbocycles. The van der Waals surface area contributed by atoms with Gasteiger partial charge in [0.25, 0.3) is 5.91 Å². The van der Waals surface area contributed by atoms with Crippen LogP contribution in [0.25, 0.3) is 0 Å². The lowest BCUT2D eigenvalue weighted by Gasteiger charge is -2.32. The van der Waals surface area contributed by atoms with E-state index in [1.807, 2.05) is 32.0 Å². The second kappa shape index (κ2) is 10.2. The fourth-order valence-electron chi connectivity index (χ4n) is 3.80. The normalized spacial score (nSPS) is 14.1. The van der Waals surface area contributed by atoms with Crippen LogP contribution in [0, 0.1) is 13.8 Å². The first kappa shape index (κ1) is 25.1. The molecule has 0 bridgehead atoms. The molecule has 0 radical (unpaired) electrons. The van der Waals surface area contributed by atoms with Crippen molar-refractivity contribution in [3.63, 3.8) is 0 Å². The summed E-state index contributed by atoms with van der Waals surface area (Å²) in [5.74, 6) is -0.795. The number of phenols is 1. The number of hydrogen-bond donors (Lipinski definition) is 3. The number of anilines is 1. The number of aromatic hydroxyl groups is 1. The number of rotatable bonds is 7. The molecule has 8 heteroatoms. The molecule has 3 N–H and O–H groups in total. The number of carbonyl (C=O) groups excluding carboxylic acids is 3. The fraction of sp³-hybridized carbons (Fsp3) is 0.423. The molecule has 0 spiro atoms. The Bertz CT molecular complexity index is 1050. The van der Waals surface area contributed by atoms with Crippen molar-refractivity contribution >= 4 is 23.6 Å². The Labute approximate surface area is 200 Å². The van der Waals surface area contributed by atoms with Gasteiger partial charge in [0.2, 0.25) is 5.91 Å². The second-order valence-corrected chi connectivity index (χ2v) is 9.64. The highest BCUT2D eigenvalue weighted by Crippen LogP contribution is 2.36. The van der Waals surface area contributed by atoms with Gasteiger partial charge in [-0.1, -0.05) is 30.3 Å². The van der Waals surface area contributed by atoms with Crippen molar-refractivity contribution in [2.75, 3.05) is 11.9 Å². The molecule has 1 unspecified atom stereocenters. The summed E-state index contributed by atoms with van der Waals surface area (Å²) in [6, 6.07) is 10.9. The van der Waals surface area contributed by atoms with Gasteiger partial charge in [0.1, 0.15) is 23.9 Å². The van der Waals surface area contributed by atoms with E-state index in [4.69, 9.17) is 4.74 Å². The molecule has 1 aliphatic rings. The summed E-state index contributed by atoms with van der Waals surface area (Å²) in [7, 11) is 0. The first-order valence-electron chi connectivity index (χ1n) is 11.4. The van der Waals surface area contributed by atoms with Crippen LogP contribution in [-0.4, -0.2) is 46.1 Å². The number of carbonyl (C=O) groups is 3. The largest absolute Gasteiger partial charge is 0.508 e. The van der Waals surface area contributed by atoms with E-state index in [0.717, 1.165) is 24.0 Å². The molecule has 0 aliphatic heterocycles. The molecule has 0 saturated heterocycles. The van der Waals surface area contributed by atoms with Crippen LogP contribution in [0.1, 0.15) is 56.3 Å². The molecule has 8 nitrogen and oxygen atoms in total. The third-order valence-corrected chi connectivity index (χ3v) is 5.45.